The summed E-state index contributed by atoms with van der Waals surface area (Å²) < 4.78 is 10.1. The van der Waals surface area contributed by atoms with Crippen molar-refractivity contribution in [3.05, 3.63) is 48.6 Å². The van der Waals surface area contributed by atoms with Crippen LogP contribution < -0.4 is 0 Å². The summed E-state index contributed by atoms with van der Waals surface area (Å²) >= 11 is 0. The Morgan fingerprint density at radius 3 is 2.72 bits per heavy atom. The van der Waals surface area contributed by atoms with Crippen LogP contribution in [0.3, 0.4) is 0 Å². The molecule has 0 spiro atoms. The Labute approximate surface area is 147 Å². The van der Waals surface area contributed by atoms with Gasteiger partial charge in [0.15, 0.2) is 0 Å². The third-order valence-corrected chi connectivity index (χ3v) is 4.08. The molecule has 1 saturated heterocycles. The number of nitrogens with zero attached hydrogens (tertiary/aromatic N) is 1. The quantitative estimate of drug-likeness (QED) is 0.411. The lowest BCUT2D eigenvalue weighted by atomic mass is 9.94. The third-order valence-electron chi connectivity index (χ3n) is 4.08. The number of hydrogen-bond donors (Lipinski definition) is 0. The molecule has 1 aromatic carbocycles. The molecule has 25 heavy (non-hydrogen) atoms. The minimum Gasteiger partial charge on any atom is -0.462 e. The molecule has 0 saturated carbocycles. The molecule has 1 fully saturated rings. The fraction of sp³-hybridized carbons (Fsp3) is 0.421. The van der Waals surface area contributed by atoms with Crippen molar-refractivity contribution in [2.75, 3.05) is 13.2 Å². The van der Waals surface area contributed by atoms with E-state index in [1.54, 1.807) is 6.92 Å². The molecule has 6 heteroatoms. The monoisotopic (exact) mass is 345 g/mol. The molecular formula is C19H23NO5. The number of ether oxygens (including phenoxy) is 2. The van der Waals surface area contributed by atoms with E-state index in [4.69, 9.17) is 9.47 Å². The summed E-state index contributed by atoms with van der Waals surface area (Å²) in [4.78, 5) is 36.5. The van der Waals surface area contributed by atoms with E-state index in [1.807, 2.05) is 30.3 Å². The van der Waals surface area contributed by atoms with Gasteiger partial charge in [0.2, 0.25) is 5.91 Å². The number of carbonyl (C=O) groups is 3. The summed E-state index contributed by atoms with van der Waals surface area (Å²) in [6, 6.07) is 9.90. The molecule has 0 aliphatic carbocycles. The molecule has 0 unspecified atom stereocenters. The average molecular weight is 345 g/mol. The Kier molecular flexibility index (Phi) is 6.74. The molecule has 1 aliphatic rings. The van der Waals surface area contributed by atoms with Crippen molar-refractivity contribution in [2.45, 2.75) is 32.3 Å². The van der Waals surface area contributed by atoms with Crippen LogP contribution in [-0.4, -0.2) is 42.1 Å². The number of likely N-dealkylation sites (tertiary alicyclic amines) is 1. The smallest absolute Gasteiger partial charge is 0.416 e. The van der Waals surface area contributed by atoms with Crippen molar-refractivity contribution in [2.24, 2.45) is 5.92 Å². The molecule has 2 rings (SSSR count). The van der Waals surface area contributed by atoms with Gasteiger partial charge < -0.3 is 9.47 Å². The second kappa shape index (κ2) is 9.01. The topological polar surface area (TPSA) is 72.9 Å². The number of benzene rings is 1. The van der Waals surface area contributed by atoms with E-state index in [2.05, 4.69) is 6.58 Å². The first kappa shape index (κ1) is 18.7. The Bertz CT molecular complexity index is 628. The Balaban J connectivity index is 1.68. The molecule has 0 radical (unpaired) electrons. The summed E-state index contributed by atoms with van der Waals surface area (Å²) in [5.41, 5.74) is 1.17. The van der Waals surface area contributed by atoms with Gasteiger partial charge in [0.25, 0.3) is 0 Å². The fourth-order valence-electron chi connectivity index (χ4n) is 2.60. The number of esters is 1. The van der Waals surface area contributed by atoms with Crippen LogP contribution >= 0.6 is 0 Å². The Morgan fingerprint density at radius 2 is 2.08 bits per heavy atom. The average Bonchev–Trinajstić information content (AvgIpc) is 2.59. The van der Waals surface area contributed by atoms with Crippen LogP contribution in [0, 0.1) is 5.92 Å². The lowest BCUT2D eigenvalue weighted by molar-refractivity contribution is -0.162. The summed E-state index contributed by atoms with van der Waals surface area (Å²) in [7, 11) is 0. The Hall–Kier alpha value is -2.63. The first-order chi connectivity index (χ1) is 12.0. The second-order valence-electron chi connectivity index (χ2n) is 5.96. The standard InChI is InChI=1S/C19H23NO5/c1-3-12-24-19(23)20-13-16(18(20)22)14(2)25-17(21)11-7-10-15-8-5-4-6-9-15/h3-6,8-9,14,16H,1,7,10-13H2,2H3/t14-,16+/m1/s1. The number of rotatable bonds is 8. The maximum atomic E-state index is 12.0. The second-order valence-corrected chi connectivity index (χ2v) is 5.96. The number of carbonyl (C=O) groups excluding carboxylic acids is 3. The van der Waals surface area contributed by atoms with Gasteiger partial charge in [-0.3, -0.25) is 9.59 Å². The zero-order valence-electron chi connectivity index (χ0n) is 14.3. The summed E-state index contributed by atoms with van der Waals surface area (Å²) in [6.07, 6.45) is 1.97. The fourth-order valence-corrected chi connectivity index (χ4v) is 2.60. The van der Waals surface area contributed by atoms with E-state index >= 15 is 0 Å². The highest BCUT2D eigenvalue weighted by Gasteiger charge is 2.46. The highest BCUT2D eigenvalue weighted by molar-refractivity contribution is 5.98. The van der Waals surface area contributed by atoms with E-state index in [0.29, 0.717) is 12.8 Å². The molecule has 2 amide bonds. The first-order valence-corrected chi connectivity index (χ1v) is 8.35. The maximum absolute atomic E-state index is 12.0. The van der Waals surface area contributed by atoms with Crippen LogP contribution in [0.4, 0.5) is 4.79 Å². The number of aryl methyl sites for hydroxylation is 1. The first-order valence-electron chi connectivity index (χ1n) is 8.35. The minimum absolute atomic E-state index is 0.0548. The van der Waals surface area contributed by atoms with Crippen LogP contribution in [0.2, 0.25) is 0 Å². The van der Waals surface area contributed by atoms with Crippen molar-refractivity contribution in [1.82, 2.24) is 4.90 Å². The molecule has 6 nitrogen and oxygen atoms in total. The zero-order chi connectivity index (χ0) is 18.2. The van der Waals surface area contributed by atoms with Crippen molar-refractivity contribution in [3.8, 4) is 0 Å². The van der Waals surface area contributed by atoms with E-state index in [9.17, 15) is 14.4 Å². The molecule has 0 aromatic heterocycles. The molecule has 2 atom stereocenters. The number of imide groups is 1. The summed E-state index contributed by atoms with van der Waals surface area (Å²) in [5, 5.41) is 0. The van der Waals surface area contributed by atoms with Gasteiger partial charge in [0.1, 0.15) is 12.7 Å². The SMILES string of the molecule is C=CCOC(=O)N1C[C@@H]([C@@H](C)OC(=O)CCCc2ccccc2)C1=O. The van der Waals surface area contributed by atoms with E-state index < -0.39 is 18.1 Å². The largest absolute Gasteiger partial charge is 0.462 e. The molecule has 1 aromatic rings. The van der Waals surface area contributed by atoms with Gasteiger partial charge in [-0.2, -0.15) is 0 Å². The number of amides is 2. The molecule has 0 N–H and O–H groups in total. The van der Waals surface area contributed by atoms with Gasteiger partial charge in [0.05, 0.1) is 5.92 Å². The van der Waals surface area contributed by atoms with Crippen molar-refractivity contribution in [3.63, 3.8) is 0 Å². The molecule has 134 valence electrons. The third kappa shape index (κ3) is 5.17. The van der Waals surface area contributed by atoms with Crippen LogP contribution in [0.5, 0.6) is 0 Å². The predicted octanol–water partition coefficient (Wildman–Crippen LogP) is 2.72. The molecule has 1 aliphatic heterocycles. The summed E-state index contributed by atoms with van der Waals surface area (Å²) in [6.45, 7) is 5.36. The van der Waals surface area contributed by atoms with Gasteiger partial charge in [-0.25, -0.2) is 9.69 Å². The maximum Gasteiger partial charge on any atom is 0.416 e. The van der Waals surface area contributed by atoms with E-state index in [1.165, 1.54) is 11.6 Å². The highest BCUT2D eigenvalue weighted by Crippen LogP contribution is 2.24. The number of hydrogen-bond acceptors (Lipinski definition) is 5. The highest BCUT2D eigenvalue weighted by atomic mass is 16.6. The van der Waals surface area contributed by atoms with Crippen molar-refractivity contribution in [1.29, 1.82) is 0 Å². The van der Waals surface area contributed by atoms with Gasteiger partial charge in [0, 0.05) is 13.0 Å². The van der Waals surface area contributed by atoms with Gasteiger partial charge in [-0.15, -0.1) is 0 Å². The minimum atomic E-state index is -0.692. The predicted molar refractivity (Wildman–Crippen MR) is 91.7 cm³/mol. The van der Waals surface area contributed by atoms with Crippen molar-refractivity contribution >= 4 is 18.0 Å². The van der Waals surface area contributed by atoms with Crippen molar-refractivity contribution < 1.29 is 23.9 Å². The van der Waals surface area contributed by atoms with E-state index in [0.717, 1.165) is 11.3 Å². The lowest BCUT2D eigenvalue weighted by Crippen LogP contribution is -2.59. The normalized spacial score (nSPS) is 17.4. The Morgan fingerprint density at radius 1 is 1.36 bits per heavy atom. The number of β-lactam (4-membered cyclic amide) rings is 1. The van der Waals surface area contributed by atoms with Crippen LogP contribution in [0.15, 0.2) is 43.0 Å². The van der Waals surface area contributed by atoms with Crippen LogP contribution in [0.25, 0.3) is 0 Å². The zero-order valence-corrected chi connectivity index (χ0v) is 14.3. The van der Waals surface area contributed by atoms with Crippen LogP contribution in [-0.2, 0) is 25.5 Å². The van der Waals surface area contributed by atoms with E-state index in [-0.39, 0.29) is 25.0 Å². The molecule has 1 heterocycles. The van der Waals surface area contributed by atoms with Gasteiger partial charge in [-0.05, 0) is 25.3 Å². The molecule has 0 bridgehead atoms. The van der Waals surface area contributed by atoms with Gasteiger partial charge >= 0.3 is 12.1 Å². The molecular weight excluding hydrogens is 322 g/mol. The lowest BCUT2D eigenvalue weighted by Gasteiger charge is -2.38. The van der Waals surface area contributed by atoms with Crippen LogP contribution in [0.1, 0.15) is 25.3 Å². The summed E-state index contributed by atoms with van der Waals surface area (Å²) in [5.74, 6) is -1.20. The van der Waals surface area contributed by atoms with Gasteiger partial charge in [-0.1, -0.05) is 43.0 Å².